The molecular formula is C16H15N3O. The SMILES string of the molecule is Cc1cnc(C)c(Oc2ccc(N)c3ccccc23)n1. The maximum absolute atomic E-state index is 5.99. The molecule has 4 nitrogen and oxygen atoms in total. The quantitative estimate of drug-likeness (QED) is 0.719. The number of anilines is 1. The molecule has 0 amide bonds. The van der Waals surface area contributed by atoms with Gasteiger partial charge in [-0.25, -0.2) is 4.98 Å². The first-order chi connectivity index (χ1) is 9.65. The van der Waals surface area contributed by atoms with Crippen molar-refractivity contribution in [2.75, 3.05) is 5.73 Å². The minimum Gasteiger partial charge on any atom is -0.437 e. The van der Waals surface area contributed by atoms with Gasteiger partial charge in [0, 0.05) is 22.7 Å². The number of nitrogen functional groups attached to an aromatic ring is 1. The van der Waals surface area contributed by atoms with Crippen LogP contribution in [0.4, 0.5) is 5.69 Å². The summed E-state index contributed by atoms with van der Waals surface area (Å²) in [5.74, 6) is 1.26. The molecule has 0 unspecified atom stereocenters. The van der Waals surface area contributed by atoms with E-state index in [1.807, 2.05) is 50.2 Å². The van der Waals surface area contributed by atoms with Gasteiger partial charge in [-0.1, -0.05) is 24.3 Å². The number of hydrogen-bond acceptors (Lipinski definition) is 4. The summed E-state index contributed by atoms with van der Waals surface area (Å²) >= 11 is 0. The van der Waals surface area contributed by atoms with Gasteiger partial charge in [-0.05, 0) is 26.0 Å². The van der Waals surface area contributed by atoms with Gasteiger partial charge in [-0.3, -0.25) is 4.98 Å². The van der Waals surface area contributed by atoms with E-state index in [1.54, 1.807) is 6.20 Å². The van der Waals surface area contributed by atoms with Gasteiger partial charge in [0.05, 0.1) is 11.4 Å². The Morgan fingerprint density at radius 3 is 2.55 bits per heavy atom. The third-order valence-electron chi connectivity index (χ3n) is 3.16. The summed E-state index contributed by atoms with van der Waals surface area (Å²) in [7, 11) is 0. The number of nitrogens with two attached hydrogens (primary N) is 1. The minimum atomic E-state index is 0.528. The topological polar surface area (TPSA) is 61.0 Å². The highest BCUT2D eigenvalue weighted by Gasteiger charge is 2.09. The third kappa shape index (κ3) is 2.16. The molecule has 3 rings (SSSR count). The highest BCUT2D eigenvalue weighted by molar-refractivity contribution is 5.97. The van der Waals surface area contributed by atoms with Crippen LogP contribution in [0.3, 0.4) is 0 Å². The summed E-state index contributed by atoms with van der Waals surface area (Å²) in [4.78, 5) is 8.64. The van der Waals surface area contributed by atoms with Crippen LogP contribution in [0.5, 0.6) is 11.6 Å². The number of hydrogen-bond donors (Lipinski definition) is 1. The Kier molecular flexibility index (Phi) is 2.99. The average molecular weight is 265 g/mol. The van der Waals surface area contributed by atoms with Crippen LogP contribution in [0.25, 0.3) is 10.8 Å². The van der Waals surface area contributed by atoms with E-state index in [1.165, 1.54) is 0 Å². The van der Waals surface area contributed by atoms with Crippen molar-refractivity contribution in [3.05, 3.63) is 54.0 Å². The monoisotopic (exact) mass is 265 g/mol. The molecule has 0 spiro atoms. The van der Waals surface area contributed by atoms with E-state index in [4.69, 9.17) is 10.5 Å². The summed E-state index contributed by atoms with van der Waals surface area (Å²) in [6.07, 6.45) is 1.73. The van der Waals surface area contributed by atoms with E-state index in [2.05, 4.69) is 9.97 Å². The normalized spacial score (nSPS) is 10.7. The van der Waals surface area contributed by atoms with Crippen molar-refractivity contribution in [2.45, 2.75) is 13.8 Å². The van der Waals surface area contributed by atoms with Crippen molar-refractivity contribution in [3.63, 3.8) is 0 Å². The van der Waals surface area contributed by atoms with Crippen LogP contribution < -0.4 is 10.5 Å². The molecule has 1 heterocycles. The van der Waals surface area contributed by atoms with Crippen molar-refractivity contribution < 1.29 is 4.74 Å². The van der Waals surface area contributed by atoms with Crippen LogP contribution in [0.2, 0.25) is 0 Å². The number of nitrogens with zero attached hydrogens (tertiary/aromatic N) is 2. The molecular weight excluding hydrogens is 250 g/mol. The molecule has 100 valence electrons. The molecule has 20 heavy (non-hydrogen) atoms. The highest BCUT2D eigenvalue weighted by atomic mass is 16.5. The lowest BCUT2D eigenvalue weighted by molar-refractivity contribution is 0.459. The largest absolute Gasteiger partial charge is 0.437 e. The van der Waals surface area contributed by atoms with Gasteiger partial charge in [0.2, 0.25) is 5.88 Å². The molecule has 0 aliphatic heterocycles. The van der Waals surface area contributed by atoms with Gasteiger partial charge < -0.3 is 10.5 Å². The average Bonchev–Trinajstić information content (AvgIpc) is 2.46. The first-order valence-electron chi connectivity index (χ1n) is 6.40. The van der Waals surface area contributed by atoms with Crippen molar-refractivity contribution >= 4 is 16.5 Å². The molecule has 0 radical (unpaired) electrons. The fraction of sp³-hybridized carbons (Fsp3) is 0.125. The number of rotatable bonds is 2. The zero-order chi connectivity index (χ0) is 14.1. The summed E-state index contributed by atoms with van der Waals surface area (Å²) in [6.45, 7) is 3.77. The lowest BCUT2D eigenvalue weighted by Crippen LogP contribution is -1.97. The molecule has 0 saturated carbocycles. The van der Waals surface area contributed by atoms with Gasteiger partial charge in [0.1, 0.15) is 5.75 Å². The highest BCUT2D eigenvalue weighted by Crippen LogP contribution is 2.33. The summed E-state index contributed by atoms with van der Waals surface area (Å²) in [5.41, 5.74) is 8.31. The molecule has 3 aromatic rings. The smallest absolute Gasteiger partial charge is 0.241 e. The van der Waals surface area contributed by atoms with Crippen LogP contribution in [0.1, 0.15) is 11.4 Å². The van der Waals surface area contributed by atoms with E-state index in [9.17, 15) is 0 Å². The Labute approximate surface area is 117 Å². The molecule has 0 aliphatic carbocycles. The fourth-order valence-corrected chi connectivity index (χ4v) is 2.10. The van der Waals surface area contributed by atoms with E-state index in [0.29, 0.717) is 5.88 Å². The molecule has 0 atom stereocenters. The molecule has 0 bridgehead atoms. The maximum Gasteiger partial charge on any atom is 0.241 e. The standard InChI is InChI=1S/C16H15N3O/c1-10-9-18-11(2)16(19-10)20-15-8-7-14(17)12-5-3-4-6-13(12)15/h3-9H,17H2,1-2H3. The molecule has 2 aromatic carbocycles. The number of ether oxygens (including phenoxy) is 1. The zero-order valence-corrected chi connectivity index (χ0v) is 11.4. The van der Waals surface area contributed by atoms with Gasteiger partial charge in [-0.2, -0.15) is 0 Å². The van der Waals surface area contributed by atoms with E-state index in [-0.39, 0.29) is 0 Å². The summed E-state index contributed by atoms with van der Waals surface area (Å²) in [6, 6.07) is 11.6. The van der Waals surface area contributed by atoms with Crippen molar-refractivity contribution in [1.82, 2.24) is 9.97 Å². The Balaban J connectivity index is 2.11. The van der Waals surface area contributed by atoms with Gasteiger partial charge in [-0.15, -0.1) is 0 Å². The van der Waals surface area contributed by atoms with Crippen LogP contribution in [0.15, 0.2) is 42.6 Å². The van der Waals surface area contributed by atoms with E-state index in [0.717, 1.165) is 33.6 Å². The summed E-state index contributed by atoms with van der Waals surface area (Å²) in [5, 5.41) is 1.94. The van der Waals surface area contributed by atoms with Crippen molar-refractivity contribution in [1.29, 1.82) is 0 Å². The fourth-order valence-electron chi connectivity index (χ4n) is 2.10. The number of benzene rings is 2. The van der Waals surface area contributed by atoms with Gasteiger partial charge >= 0.3 is 0 Å². The molecule has 2 N–H and O–H groups in total. The van der Waals surface area contributed by atoms with Gasteiger partial charge in [0.25, 0.3) is 0 Å². The first kappa shape index (κ1) is 12.4. The van der Waals surface area contributed by atoms with E-state index < -0.39 is 0 Å². The molecule has 0 saturated heterocycles. The Morgan fingerprint density at radius 2 is 1.75 bits per heavy atom. The molecule has 0 fully saturated rings. The second kappa shape index (κ2) is 4.81. The van der Waals surface area contributed by atoms with Crippen LogP contribution >= 0.6 is 0 Å². The van der Waals surface area contributed by atoms with Crippen LogP contribution in [0, 0.1) is 13.8 Å². The second-order valence-corrected chi connectivity index (χ2v) is 4.70. The molecule has 0 aliphatic rings. The zero-order valence-electron chi connectivity index (χ0n) is 11.4. The van der Waals surface area contributed by atoms with Crippen molar-refractivity contribution in [2.24, 2.45) is 0 Å². The van der Waals surface area contributed by atoms with Crippen LogP contribution in [-0.4, -0.2) is 9.97 Å². The van der Waals surface area contributed by atoms with E-state index >= 15 is 0 Å². The Morgan fingerprint density at radius 1 is 1.00 bits per heavy atom. The van der Waals surface area contributed by atoms with Crippen molar-refractivity contribution in [3.8, 4) is 11.6 Å². The minimum absolute atomic E-state index is 0.528. The second-order valence-electron chi connectivity index (χ2n) is 4.70. The molecule has 4 heteroatoms. The Hall–Kier alpha value is -2.62. The summed E-state index contributed by atoms with van der Waals surface area (Å²) < 4.78 is 5.93. The number of fused-ring (bicyclic) bond motifs is 1. The lowest BCUT2D eigenvalue weighted by atomic mass is 10.1. The predicted molar refractivity (Wildman–Crippen MR) is 79.9 cm³/mol. The number of aryl methyl sites for hydroxylation is 2. The number of aromatic nitrogens is 2. The first-order valence-corrected chi connectivity index (χ1v) is 6.40. The van der Waals surface area contributed by atoms with Gasteiger partial charge in [0.15, 0.2) is 0 Å². The molecule has 1 aromatic heterocycles. The maximum atomic E-state index is 5.99. The third-order valence-corrected chi connectivity index (χ3v) is 3.16. The Bertz CT molecular complexity index is 784. The predicted octanol–water partition coefficient (Wildman–Crippen LogP) is 3.62. The lowest BCUT2D eigenvalue weighted by Gasteiger charge is -2.11. The van der Waals surface area contributed by atoms with Crippen LogP contribution in [-0.2, 0) is 0 Å².